The summed E-state index contributed by atoms with van der Waals surface area (Å²) in [7, 11) is 0. The van der Waals surface area contributed by atoms with Gasteiger partial charge in [0, 0.05) is 18.4 Å². The molecule has 6 heteroatoms. The van der Waals surface area contributed by atoms with E-state index >= 15 is 0 Å². The maximum atomic E-state index is 6.00. The van der Waals surface area contributed by atoms with E-state index in [1.165, 1.54) is 12.8 Å². The zero-order chi connectivity index (χ0) is 16.8. The lowest BCUT2D eigenvalue weighted by molar-refractivity contribution is 0.126. The van der Waals surface area contributed by atoms with Crippen LogP contribution in [-0.2, 0) is 0 Å². The molecular weight excluding hydrogens is 316 g/mol. The van der Waals surface area contributed by atoms with E-state index in [-0.39, 0.29) is 6.04 Å². The van der Waals surface area contributed by atoms with Gasteiger partial charge in [0.05, 0.1) is 6.04 Å². The molecule has 1 saturated carbocycles. The molecule has 2 aromatic heterocycles. The van der Waals surface area contributed by atoms with E-state index in [2.05, 4.69) is 22.0 Å². The van der Waals surface area contributed by atoms with Crippen LogP contribution in [0.2, 0.25) is 0 Å². The van der Waals surface area contributed by atoms with Gasteiger partial charge in [-0.2, -0.15) is 4.98 Å². The van der Waals surface area contributed by atoms with Crippen LogP contribution in [0.3, 0.4) is 0 Å². The first-order valence-electron chi connectivity index (χ1n) is 9.21. The van der Waals surface area contributed by atoms with E-state index in [1.807, 2.05) is 24.3 Å². The van der Waals surface area contributed by atoms with Gasteiger partial charge in [0.1, 0.15) is 5.52 Å². The van der Waals surface area contributed by atoms with Gasteiger partial charge in [0.15, 0.2) is 17.3 Å². The number of hydrogen-bond donors (Lipinski definition) is 0. The molecule has 2 atom stereocenters. The van der Waals surface area contributed by atoms with Crippen molar-refractivity contribution in [3.8, 4) is 0 Å². The minimum atomic E-state index is 0.132. The zero-order valence-corrected chi connectivity index (χ0v) is 14.4. The summed E-state index contributed by atoms with van der Waals surface area (Å²) in [5.74, 6) is 3.31. The smallest absolute Gasteiger partial charge is 0.243 e. The lowest BCUT2D eigenvalue weighted by Gasteiger charge is -2.34. The topological polar surface area (TPSA) is 68.2 Å². The molecule has 1 saturated heterocycles. The van der Waals surface area contributed by atoms with Gasteiger partial charge in [-0.05, 0) is 51.3 Å². The maximum Gasteiger partial charge on any atom is 0.243 e. The Kier molecular flexibility index (Phi) is 3.59. The van der Waals surface area contributed by atoms with E-state index < -0.39 is 0 Å². The monoisotopic (exact) mass is 338 g/mol. The van der Waals surface area contributed by atoms with Crippen molar-refractivity contribution < 1.29 is 8.94 Å². The van der Waals surface area contributed by atoms with Crippen LogP contribution in [0.5, 0.6) is 0 Å². The molecular formula is C19H22N4O2. The van der Waals surface area contributed by atoms with Crippen molar-refractivity contribution in [1.82, 2.24) is 20.0 Å². The van der Waals surface area contributed by atoms with Crippen LogP contribution in [-0.4, -0.2) is 33.1 Å². The normalized spacial score (nSPS) is 23.2. The number of rotatable bonds is 4. The minimum Gasteiger partial charge on any atom is -0.440 e. The number of hydrogen-bond acceptors (Lipinski definition) is 6. The highest BCUT2D eigenvalue weighted by molar-refractivity contribution is 5.72. The van der Waals surface area contributed by atoms with Gasteiger partial charge in [-0.15, -0.1) is 0 Å². The van der Waals surface area contributed by atoms with Crippen LogP contribution >= 0.6 is 0 Å². The second-order valence-electron chi connectivity index (χ2n) is 7.29. The van der Waals surface area contributed by atoms with Gasteiger partial charge >= 0.3 is 0 Å². The molecule has 3 heterocycles. The largest absolute Gasteiger partial charge is 0.440 e. The molecule has 0 N–H and O–H groups in total. The summed E-state index contributed by atoms with van der Waals surface area (Å²) in [5, 5.41) is 4.16. The SMILES string of the molecule is C[C@H](c1nc(C2CC2)no1)N1CCC[C@H](c2nc3ccccc3o2)C1. The predicted molar refractivity (Wildman–Crippen MR) is 92.2 cm³/mol. The summed E-state index contributed by atoms with van der Waals surface area (Å²) < 4.78 is 11.5. The molecule has 1 aliphatic carbocycles. The molecule has 0 radical (unpaired) electrons. The van der Waals surface area contributed by atoms with E-state index in [0.29, 0.717) is 11.8 Å². The van der Waals surface area contributed by atoms with Crippen molar-refractivity contribution in [1.29, 1.82) is 0 Å². The Morgan fingerprint density at radius 2 is 2.00 bits per heavy atom. The molecule has 6 nitrogen and oxygen atoms in total. The van der Waals surface area contributed by atoms with E-state index in [1.54, 1.807) is 0 Å². The summed E-state index contributed by atoms with van der Waals surface area (Å²) in [6, 6.07) is 8.10. The van der Waals surface area contributed by atoms with Gasteiger partial charge in [-0.1, -0.05) is 17.3 Å². The molecule has 1 aliphatic heterocycles. The Morgan fingerprint density at radius 1 is 1.12 bits per heavy atom. The van der Waals surface area contributed by atoms with Crippen molar-refractivity contribution in [2.75, 3.05) is 13.1 Å². The highest BCUT2D eigenvalue weighted by Crippen LogP contribution is 2.39. The molecule has 0 unspecified atom stereocenters. The summed E-state index contributed by atoms with van der Waals surface area (Å²) in [4.78, 5) is 11.7. The van der Waals surface area contributed by atoms with E-state index in [4.69, 9.17) is 13.9 Å². The molecule has 2 fully saturated rings. The summed E-state index contributed by atoms with van der Waals surface area (Å²) in [5.41, 5.74) is 1.81. The second-order valence-corrected chi connectivity index (χ2v) is 7.29. The molecule has 130 valence electrons. The lowest BCUT2D eigenvalue weighted by Crippen LogP contribution is -2.36. The summed E-state index contributed by atoms with van der Waals surface area (Å²) in [6.07, 6.45) is 4.61. The number of likely N-dealkylation sites (tertiary alicyclic amines) is 1. The molecule has 3 aromatic rings. The van der Waals surface area contributed by atoms with Gasteiger partial charge in [-0.25, -0.2) is 4.98 Å². The minimum absolute atomic E-state index is 0.132. The van der Waals surface area contributed by atoms with Crippen LogP contribution in [0, 0.1) is 0 Å². The number of aromatic nitrogens is 3. The molecule has 25 heavy (non-hydrogen) atoms. The number of oxazole rings is 1. The van der Waals surface area contributed by atoms with Crippen LogP contribution in [0.15, 0.2) is 33.2 Å². The quantitative estimate of drug-likeness (QED) is 0.715. The fourth-order valence-electron chi connectivity index (χ4n) is 3.70. The van der Waals surface area contributed by atoms with Crippen molar-refractivity contribution in [3.63, 3.8) is 0 Å². The standard InChI is InChI=1S/C19H22N4O2/c1-12(18-21-17(22-25-18)13-8-9-13)23-10-4-5-14(11-23)19-20-15-6-2-3-7-16(15)24-19/h2-3,6-7,12-14H,4-5,8-11H2,1H3/t12-,14+/m1/s1. The van der Waals surface area contributed by atoms with Gasteiger partial charge < -0.3 is 8.94 Å². The summed E-state index contributed by atoms with van der Waals surface area (Å²) >= 11 is 0. The molecule has 0 bridgehead atoms. The predicted octanol–water partition coefficient (Wildman–Crippen LogP) is 4.03. The van der Waals surface area contributed by atoms with Crippen molar-refractivity contribution in [3.05, 3.63) is 41.9 Å². The number of nitrogens with zero attached hydrogens (tertiary/aromatic N) is 4. The first-order chi connectivity index (χ1) is 12.3. The van der Waals surface area contributed by atoms with Crippen molar-refractivity contribution in [2.24, 2.45) is 0 Å². The fraction of sp³-hybridized carbons (Fsp3) is 0.526. The number of benzene rings is 1. The second kappa shape index (κ2) is 5.95. The van der Waals surface area contributed by atoms with Crippen molar-refractivity contribution >= 4 is 11.1 Å². The fourth-order valence-corrected chi connectivity index (χ4v) is 3.70. The zero-order valence-electron chi connectivity index (χ0n) is 14.4. The van der Waals surface area contributed by atoms with Gasteiger partial charge in [0.25, 0.3) is 0 Å². The molecule has 2 aliphatic rings. The summed E-state index contributed by atoms with van der Waals surface area (Å²) in [6.45, 7) is 4.10. The highest BCUT2D eigenvalue weighted by Gasteiger charge is 2.33. The third-order valence-electron chi connectivity index (χ3n) is 5.42. The third kappa shape index (κ3) is 2.84. The lowest BCUT2D eigenvalue weighted by atomic mass is 9.97. The Balaban J connectivity index is 1.34. The van der Waals surface area contributed by atoms with E-state index in [0.717, 1.165) is 54.6 Å². The van der Waals surface area contributed by atoms with Crippen LogP contribution in [0.25, 0.3) is 11.1 Å². The van der Waals surface area contributed by atoms with Gasteiger partial charge in [-0.3, -0.25) is 4.90 Å². The Hall–Kier alpha value is -2.21. The first kappa shape index (κ1) is 15.1. The molecule has 1 aromatic carbocycles. The Labute approximate surface area is 146 Å². The van der Waals surface area contributed by atoms with E-state index in [9.17, 15) is 0 Å². The van der Waals surface area contributed by atoms with Crippen molar-refractivity contribution in [2.45, 2.75) is 50.5 Å². The highest BCUT2D eigenvalue weighted by atomic mass is 16.5. The average Bonchev–Trinajstić information content (AvgIpc) is 3.22. The molecule has 5 rings (SSSR count). The van der Waals surface area contributed by atoms with Crippen LogP contribution in [0.1, 0.15) is 68.1 Å². The van der Waals surface area contributed by atoms with Crippen LogP contribution < -0.4 is 0 Å². The molecule has 0 spiro atoms. The average molecular weight is 338 g/mol. The van der Waals surface area contributed by atoms with Gasteiger partial charge in [0.2, 0.25) is 5.89 Å². The Morgan fingerprint density at radius 3 is 2.84 bits per heavy atom. The maximum absolute atomic E-state index is 6.00. The Bertz CT molecular complexity index is 849. The number of piperidine rings is 1. The van der Waals surface area contributed by atoms with Crippen LogP contribution in [0.4, 0.5) is 0 Å². The number of para-hydroxylation sites is 2. The molecule has 0 amide bonds. The first-order valence-corrected chi connectivity index (χ1v) is 9.21. The third-order valence-corrected chi connectivity index (χ3v) is 5.42. The number of fused-ring (bicyclic) bond motifs is 1.